The van der Waals surface area contributed by atoms with Crippen LogP contribution in [0, 0.1) is 0 Å². The van der Waals surface area contributed by atoms with Crippen molar-refractivity contribution in [3.8, 4) is 5.75 Å². The lowest BCUT2D eigenvalue weighted by molar-refractivity contribution is 0.135. The lowest BCUT2D eigenvalue weighted by Crippen LogP contribution is -2.27. The summed E-state index contributed by atoms with van der Waals surface area (Å²) in [6, 6.07) is 6.14. The molecule has 1 aromatic rings. The Kier molecular flexibility index (Phi) is 7.28. The first-order valence-corrected chi connectivity index (χ1v) is 7.92. The largest absolute Gasteiger partial charge is 0.492 e. The summed E-state index contributed by atoms with van der Waals surface area (Å²) in [5, 5.41) is 10.1. The Bertz CT molecular complexity index is 382. The molecule has 0 heterocycles. The summed E-state index contributed by atoms with van der Waals surface area (Å²) in [5.74, 6) is 0.939. The minimum atomic E-state index is -0.365. The maximum absolute atomic E-state index is 10.1. The molecule has 0 amide bonds. The maximum atomic E-state index is 10.1. The van der Waals surface area contributed by atoms with Crippen molar-refractivity contribution in [3.63, 3.8) is 0 Å². The van der Waals surface area contributed by atoms with Gasteiger partial charge in [0.1, 0.15) is 5.75 Å². The number of nitrogens with zero attached hydrogens (tertiary/aromatic N) is 1. The van der Waals surface area contributed by atoms with Crippen LogP contribution in [0.15, 0.2) is 23.1 Å². The van der Waals surface area contributed by atoms with Crippen LogP contribution >= 0.6 is 11.8 Å². The van der Waals surface area contributed by atoms with E-state index in [2.05, 4.69) is 13.0 Å². The quantitative estimate of drug-likeness (QED) is 0.744. The maximum Gasteiger partial charge on any atom is 0.136 e. The molecule has 1 rings (SSSR count). The van der Waals surface area contributed by atoms with Gasteiger partial charge in [-0.2, -0.15) is 0 Å². The molecule has 108 valence electrons. The third-order valence-corrected chi connectivity index (χ3v) is 3.52. The molecule has 0 aliphatic rings. The minimum Gasteiger partial charge on any atom is -0.492 e. The zero-order chi connectivity index (χ0) is 14.3. The van der Waals surface area contributed by atoms with Crippen LogP contribution in [-0.4, -0.2) is 49.6 Å². The number of rotatable bonds is 8. The van der Waals surface area contributed by atoms with Crippen molar-refractivity contribution in [3.05, 3.63) is 23.8 Å². The van der Waals surface area contributed by atoms with Gasteiger partial charge in [0.2, 0.25) is 0 Å². The van der Waals surface area contributed by atoms with E-state index in [4.69, 9.17) is 4.74 Å². The van der Waals surface area contributed by atoms with Gasteiger partial charge in [-0.1, -0.05) is 19.1 Å². The van der Waals surface area contributed by atoms with E-state index in [0.29, 0.717) is 19.6 Å². The van der Waals surface area contributed by atoms with Crippen molar-refractivity contribution in [2.24, 2.45) is 0 Å². The first kappa shape index (κ1) is 16.3. The molecular formula is C15H25NO2S. The molecule has 0 aliphatic heterocycles. The second-order valence-electron chi connectivity index (χ2n) is 4.92. The molecule has 1 N–H and O–H groups in total. The van der Waals surface area contributed by atoms with Crippen molar-refractivity contribution in [2.45, 2.75) is 30.8 Å². The van der Waals surface area contributed by atoms with E-state index in [1.807, 2.05) is 37.4 Å². The Balaban J connectivity index is 2.85. The summed E-state index contributed by atoms with van der Waals surface area (Å²) in [5.41, 5.74) is 1.09. The fourth-order valence-corrected chi connectivity index (χ4v) is 2.58. The fraction of sp³-hybridized carbons (Fsp3) is 0.600. The van der Waals surface area contributed by atoms with Gasteiger partial charge in [-0.05, 0) is 38.4 Å². The second kappa shape index (κ2) is 8.46. The summed E-state index contributed by atoms with van der Waals surface area (Å²) < 4.78 is 5.87. The fourth-order valence-electron chi connectivity index (χ4n) is 1.99. The van der Waals surface area contributed by atoms with Crippen LogP contribution in [-0.2, 0) is 6.42 Å². The first-order chi connectivity index (χ1) is 9.08. The number of hydrogen-bond acceptors (Lipinski definition) is 4. The van der Waals surface area contributed by atoms with E-state index >= 15 is 0 Å². The van der Waals surface area contributed by atoms with Gasteiger partial charge in [-0.25, -0.2) is 0 Å². The average Bonchev–Trinajstić information content (AvgIpc) is 2.35. The average molecular weight is 283 g/mol. The lowest BCUT2D eigenvalue weighted by atomic mass is 10.1. The van der Waals surface area contributed by atoms with Gasteiger partial charge >= 0.3 is 0 Å². The molecule has 1 aromatic carbocycles. The smallest absolute Gasteiger partial charge is 0.136 e. The Morgan fingerprint density at radius 3 is 2.68 bits per heavy atom. The number of thioether (sulfide) groups is 1. The molecule has 4 heteroatoms. The zero-order valence-electron chi connectivity index (χ0n) is 12.3. The van der Waals surface area contributed by atoms with Crippen molar-refractivity contribution in [1.29, 1.82) is 0 Å². The van der Waals surface area contributed by atoms with Crippen molar-refractivity contribution < 1.29 is 9.84 Å². The Morgan fingerprint density at radius 1 is 1.37 bits per heavy atom. The van der Waals surface area contributed by atoms with Crippen molar-refractivity contribution in [1.82, 2.24) is 4.90 Å². The topological polar surface area (TPSA) is 32.7 Å². The van der Waals surface area contributed by atoms with Gasteiger partial charge in [-0.3, -0.25) is 0 Å². The molecule has 0 saturated carbocycles. The predicted octanol–water partition coefficient (Wildman–Crippen LogP) is 2.66. The molecule has 1 atom stereocenters. The highest BCUT2D eigenvalue weighted by atomic mass is 32.2. The summed E-state index contributed by atoms with van der Waals surface area (Å²) in [4.78, 5) is 3.14. The van der Waals surface area contributed by atoms with Gasteiger partial charge in [0.25, 0.3) is 0 Å². The monoisotopic (exact) mass is 283 g/mol. The Labute approximate surface area is 121 Å². The van der Waals surface area contributed by atoms with Crippen molar-refractivity contribution in [2.75, 3.05) is 33.5 Å². The van der Waals surface area contributed by atoms with Crippen LogP contribution in [0.2, 0.25) is 0 Å². The molecule has 0 aliphatic carbocycles. The minimum absolute atomic E-state index is 0.365. The molecule has 1 unspecified atom stereocenters. The van der Waals surface area contributed by atoms with E-state index in [-0.39, 0.29) is 6.10 Å². The SMILES string of the molecule is CCCOc1c(CC(O)CN(C)C)cccc1SC. The number of likely N-dealkylation sites (N-methyl/N-ethyl adjacent to an activating group) is 1. The molecule has 0 radical (unpaired) electrons. The van der Waals surface area contributed by atoms with Crippen LogP contribution < -0.4 is 4.74 Å². The number of aliphatic hydroxyl groups excluding tert-OH is 1. The first-order valence-electron chi connectivity index (χ1n) is 6.70. The molecule has 0 bridgehead atoms. The molecule has 0 aromatic heterocycles. The van der Waals surface area contributed by atoms with Gasteiger partial charge in [0, 0.05) is 17.9 Å². The number of ether oxygens (including phenoxy) is 1. The van der Waals surface area contributed by atoms with Gasteiger partial charge in [-0.15, -0.1) is 11.8 Å². The van der Waals surface area contributed by atoms with E-state index in [9.17, 15) is 5.11 Å². The van der Waals surface area contributed by atoms with Crippen molar-refractivity contribution >= 4 is 11.8 Å². The van der Waals surface area contributed by atoms with Crippen LogP contribution in [0.25, 0.3) is 0 Å². The number of benzene rings is 1. The highest BCUT2D eigenvalue weighted by Crippen LogP contribution is 2.32. The number of para-hydroxylation sites is 1. The third-order valence-electron chi connectivity index (χ3n) is 2.76. The second-order valence-corrected chi connectivity index (χ2v) is 5.77. The normalized spacial score (nSPS) is 12.7. The van der Waals surface area contributed by atoms with Gasteiger partial charge in [0.05, 0.1) is 12.7 Å². The van der Waals surface area contributed by atoms with E-state index in [1.165, 1.54) is 0 Å². The molecule has 3 nitrogen and oxygen atoms in total. The van der Waals surface area contributed by atoms with E-state index in [1.54, 1.807) is 11.8 Å². The summed E-state index contributed by atoms with van der Waals surface area (Å²) in [6.45, 7) is 3.48. The standard InChI is InChI=1S/C15H25NO2S/c1-5-9-18-15-12(7-6-8-14(15)19-4)10-13(17)11-16(2)3/h6-8,13,17H,5,9-11H2,1-4H3. The molecule has 0 spiro atoms. The van der Waals surface area contributed by atoms with E-state index in [0.717, 1.165) is 22.6 Å². The summed E-state index contributed by atoms with van der Waals surface area (Å²) in [7, 11) is 3.94. The number of hydrogen-bond donors (Lipinski definition) is 1. The molecule has 0 saturated heterocycles. The Hall–Kier alpha value is -0.710. The highest BCUT2D eigenvalue weighted by Gasteiger charge is 2.14. The number of aliphatic hydroxyl groups is 1. The predicted molar refractivity (Wildman–Crippen MR) is 82.3 cm³/mol. The third kappa shape index (κ3) is 5.43. The van der Waals surface area contributed by atoms with Crippen LogP contribution in [0.1, 0.15) is 18.9 Å². The van der Waals surface area contributed by atoms with Crippen LogP contribution in [0.3, 0.4) is 0 Å². The van der Waals surface area contributed by atoms with Crippen LogP contribution in [0.5, 0.6) is 5.75 Å². The zero-order valence-corrected chi connectivity index (χ0v) is 13.2. The van der Waals surface area contributed by atoms with Crippen LogP contribution in [0.4, 0.5) is 0 Å². The lowest BCUT2D eigenvalue weighted by Gasteiger charge is -2.19. The summed E-state index contributed by atoms with van der Waals surface area (Å²) in [6.07, 6.45) is 3.30. The molecule has 0 fully saturated rings. The summed E-state index contributed by atoms with van der Waals surface area (Å²) >= 11 is 1.68. The molecular weight excluding hydrogens is 258 g/mol. The Morgan fingerprint density at radius 2 is 2.11 bits per heavy atom. The molecule has 19 heavy (non-hydrogen) atoms. The van der Waals surface area contributed by atoms with Gasteiger partial charge in [0.15, 0.2) is 0 Å². The van der Waals surface area contributed by atoms with Gasteiger partial charge < -0.3 is 14.7 Å². The van der Waals surface area contributed by atoms with E-state index < -0.39 is 0 Å². The highest BCUT2D eigenvalue weighted by molar-refractivity contribution is 7.98.